The predicted octanol–water partition coefficient (Wildman–Crippen LogP) is -8.54. The third kappa shape index (κ3) is 443. The summed E-state index contributed by atoms with van der Waals surface area (Å²) in [6.07, 6.45) is -3.67. The molecule has 0 fully saturated rings. The first kappa shape index (κ1) is 29.4. The van der Waals surface area contributed by atoms with Gasteiger partial charge in [0, 0.05) is 0 Å². The van der Waals surface area contributed by atoms with Gasteiger partial charge >= 0.3 is 101 Å². The monoisotopic (exact) mass is 193 g/mol. The van der Waals surface area contributed by atoms with Crippen LogP contribution in [0, 0.1) is 0 Å². The molecule has 6 nitrogen and oxygen atoms in total. The maximum Gasteiger partial charge on any atom is 1.00 e. The van der Waals surface area contributed by atoms with Crippen LogP contribution in [-0.4, -0.2) is 32.7 Å². The Morgan fingerprint density at radius 2 is 0.636 bits per heavy atom. The van der Waals surface area contributed by atoms with Gasteiger partial charge in [-0.15, -0.1) is 0 Å². The van der Waals surface area contributed by atoms with Crippen LogP contribution in [0.1, 0.15) is 0 Å². The van der Waals surface area contributed by atoms with Crippen LogP contribution in [0.25, 0.3) is 0 Å². The molecule has 0 aliphatic carbocycles. The molecule has 0 radical (unpaired) electrons. The molecule has 0 saturated carbocycles. The number of hydrogen-bond acceptors (Lipinski definition) is 2. The molecule has 48 valence electrons. The molecule has 11 heavy (non-hydrogen) atoms. The molecule has 4 N–H and O–H groups in total. The zero-order valence-electron chi connectivity index (χ0n) is 6.61. The SMILES string of the molecule is O=C(O)O.O=C(O)O.[Na+].[Na+].[Na+]. The summed E-state index contributed by atoms with van der Waals surface area (Å²) in [5.74, 6) is 0. The molecule has 0 amide bonds. The smallest absolute Gasteiger partial charge is 0.450 e. The van der Waals surface area contributed by atoms with Crippen molar-refractivity contribution in [3.05, 3.63) is 0 Å². The molecule has 0 rings (SSSR count). The van der Waals surface area contributed by atoms with Gasteiger partial charge in [-0.25, -0.2) is 9.59 Å². The summed E-state index contributed by atoms with van der Waals surface area (Å²) in [6.45, 7) is 0. The Bertz CT molecular complexity index is 73.8. The fourth-order valence-electron chi connectivity index (χ4n) is 0. The van der Waals surface area contributed by atoms with Crippen LogP contribution in [-0.2, 0) is 0 Å². The molecule has 0 aromatic carbocycles. The average molecular weight is 193 g/mol. The van der Waals surface area contributed by atoms with E-state index in [0.29, 0.717) is 0 Å². The van der Waals surface area contributed by atoms with Gasteiger partial charge in [0.05, 0.1) is 0 Å². The van der Waals surface area contributed by atoms with Gasteiger partial charge in [0.1, 0.15) is 0 Å². The number of rotatable bonds is 0. The summed E-state index contributed by atoms with van der Waals surface area (Å²) in [6, 6.07) is 0. The Labute approximate surface area is 129 Å². The Balaban J connectivity index is -0.0000000171. The second-order valence-corrected chi connectivity index (χ2v) is 0.565. The fraction of sp³-hybridized carbons (Fsp3) is 0. The van der Waals surface area contributed by atoms with Gasteiger partial charge in [0.2, 0.25) is 0 Å². The van der Waals surface area contributed by atoms with Gasteiger partial charge in [0.25, 0.3) is 0 Å². The van der Waals surface area contributed by atoms with Crippen molar-refractivity contribution in [2.24, 2.45) is 0 Å². The number of hydrogen-bond donors (Lipinski definition) is 4. The Kier molecular flexibility index (Phi) is 60.2. The van der Waals surface area contributed by atoms with E-state index in [4.69, 9.17) is 30.0 Å². The summed E-state index contributed by atoms with van der Waals surface area (Å²) >= 11 is 0. The van der Waals surface area contributed by atoms with Crippen molar-refractivity contribution in [2.45, 2.75) is 0 Å². The van der Waals surface area contributed by atoms with Crippen LogP contribution >= 0.6 is 0 Å². The fourth-order valence-corrected chi connectivity index (χ4v) is 0. The third-order valence-corrected chi connectivity index (χ3v) is 0. The van der Waals surface area contributed by atoms with Gasteiger partial charge < -0.3 is 20.4 Å². The zero-order chi connectivity index (χ0) is 7.15. The second kappa shape index (κ2) is 22.5. The first-order chi connectivity index (χ1) is 3.46. The van der Waals surface area contributed by atoms with Gasteiger partial charge in [0.15, 0.2) is 0 Å². The van der Waals surface area contributed by atoms with Gasteiger partial charge in [-0.3, -0.25) is 0 Å². The summed E-state index contributed by atoms with van der Waals surface area (Å²) < 4.78 is 0. The zero-order valence-corrected chi connectivity index (χ0v) is 12.6. The van der Waals surface area contributed by atoms with E-state index in [1.807, 2.05) is 0 Å². The molecule has 0 saturated heterocycles. The molecule has 0 unspecified atom stereocenters. The van der Waals surface area contributed by atoms with Crippen LogP contribution in [0.4, 0.5) is 9.59 Å². The minimum atomic E-state index is -1.83. The van der Waals surface area contributed by atoms with E-state index in [1.165, 1.54) is 0 Å². The maximum atomic E-state index is 8.56. The number of carbonyl (C=O) groups is 2. The maximum absolute atomic E-state index is 8.56. The molecular weight excluding hydrogens is 189 g/mol. The Hall–Kier alpha value is 1.54. The van der Waals surface area contributed by atoms with E-state index in [0.717, 1.165) is 0 Å². The van der Waals surface area contributed by atoms with Crippen LogP contribution in [0.15, 0.2) is 0 Å². The van der Waals surface area contributed by atoms with E-state index < -0.39 is 12.3 Å². The molecule has 0 heterocycles. The standard InChI is InChI=1S/2CH2O3.3Na/c2*2-1(3)4;;;/h2*(H2,2,3,4);;;/q;;3*+1. The molecule has 0 aromatic rings. The summed E-state index contributed by atoms with van der Waals surface area (Å²) in [4.78, 5) is 17.1. The molecule has 0 bridgehead atoms. The van der Waals surface area contributed by atoms with Crippen molar-refractivity contribution in [2.75, 3.05) is 0 Å². The minimum absolute atomic E-state index is 0. The summed E-state index contributed by atoms with van der Waals surface area (Å²) in [5, 5.41) is 27.9. The van der Waals surface area contributed by atoms with Crippen LogP contribution in [0.2, 0.25) is 0 Å². The topological polar surface area (TPSA) is 115 Å². The molecule has 0 aliphatic rings. The second-order valence-electron chi connectivity index (χ2n) is 0.565. The van der Waals surface area contributed by atoms with Gasteiger partial charge in [-0.1, -0.05) is 0 Å². The molecule has 0 atom stereocenters. The normalized spacial score (nSPS) is 4.36. The Morgan fingerprint density at radius 1 is 0.636 bits per heavy atom. The molecule has 9 heteroatoms. The van der Waals surface area contributed by atoms with E-state index in [9.17, 15) is 0 Å². The van der Waals surface area contributed by atoms with E-state index in [-0.39, 0.29) is 88.7 Å². The summed E-state index contributed by atoms with van der Waals surface area (Å²) in [7, 11) is 0. The number of carboxylic acid groups (broad SMARTS) is 4. The van der Waals surface area contributed by atoms with Crippen molar-refractivity contribution >= 4 is 12.3 Å². The third-order valence-electron chi connectivity index (χ3n) is 0. The van der Waals surface area contributed by atoms with Crippen LogP contribution < -0.4 is 88.7 Å². The van der Waals surface area contributed by atoms with Gasteiger partial charge in [-0.05, 0) is 0 Å². The molecule has 0 spiro atoms. The van der Waals surface area contributed by atoms with Crippen molar-refractivity contribution in [1.29, 1.82) is 0 Å². The average Bonchev–Trinajstić information content (AvgIpc) is 1.25. The van der Waals surface area contributed by atoms with E-state index in [1.54, 1.807) is 0 Å². The van der Waals surface area contributed by atoms with Crippen molar-refractivity contribution in [3.63, 3.8) is 0 Å². The van der Waals surface area contributed by atoms with Crippen LogP contribution in [0.5, 0.6) is 0 Å². The molecule has 0 aliphatic heterocycles. The Morgan fingerprint density at radius 3 is 0.636 bits per heavy atom. The summed E-state index contributed by atoms with van der Waals surface area (Å²) in [5.41, 5.74) is 0. The van der Waals surface area contributed by atoms with E-state index in [2.05, 4.69) is 0 Å². The quantitative estimate of drug-likeness (QED) is 0.284. The van der Waals surface area contributed by atoms with Gasteiger partial charge in [-0.2, -0.15) is 0 Å². The molecule has 0 aromatic heterocycles. The van der Waals surface area contributed by atoms with E-state index >= 15 is 0 Å². The first-order valence-electron chi connectivity index (χ1n) is 1.30. The predicted molar refractivity (Wildman–Crippen MR) is 21.3 cm³/mol. The minimum Gasteiger partial charge on any atom is -0.450 e. The van der Waals surface area contributed by atoms with Crippen molar-refractivity contribution in [1.82, 2.24) is 0 Å². The largest absolute Gasteiger partial charge is 1.00 e. The first-order valence-corrected chi connectivity index (χ1v) is 1.30. The molecular formula is C2H4Na3O6+3. The van der Waals surface area contributed by atoms with Crippen molar-refractivity contribution < 1.29 is 119 Å². The van der Waals surface area contributed by atoms with Crippen molar-refractivity contribution in [3.8, 4) is 0 Å². The van der Waals surface area contributed by atoms with Crippen LogP contribution in [0.3, 0.4) is 0 Å².